The summed E-state index contributed by atoms with van der Waals surface area (Å²) in [7, 11) is 0. The van der Waals surface area contributed by atoms with Gasteiger partial charge in [-0.05, 0) is 18.6 Å². The first-order valence-electron chi connectivity index (χ1n) is 13.3. The second kappa shape index (κ2) is 17.3. The Hall–Kier alpha value is -4.74. The summed E-state index contributed by atoms with van der Waals surface area (Å²) < 4.78 is 10.6. The summed E-state index contributed by atoms with van der Waals surface area (Å²) in [6.07, 6.45) is -11.3. The lowest BCUT2D eigenvalue weighted by molar-refractivity contribution is -0.271. The number of aromatic hydroxyl groups is 1. The van der Waals surface area contributed by atoms with Gasteiger partial charge in [0.25, 0.3) is 5.91 Å². The molecule has 1 aliphatic heterocycles. The van der Waals surface area contributed by atoms with Crippen LogP contribution in [0.4, 0.5) is 0 Å². The zero-order valence-electron chi connectivity index (χ0n) is 24.0. The molecule has 13 N–H and O–H groups in total. The molecule has 7 atom stereocenters. The van der Waals surface area contributed by atoms with E-state index in [-0.39, 0.29) is 11.3 Å². The number of carboxylic acids is 4. The standard InChI is InChI=1S/C25H32N4O17S/c26-9(23(41)42)1-2-13(31)29-10(22(40)28-6-15(34)35)7-47-20-11(30)3-8(21(39)27-5-14(32)33)4-12(20)45-25-18(38)16(36)17(37)19(46-25)24(43)44/h3-4,9-10,16-19,25,30,36-38H,1-2,5-7,26H2,(H,27,39)(H,28,40)(H,29,31)(H,32,33)(H,34,35)(H,41,42)(H,43,44)/t9?,10?,16-,17-,18+,19?,25?/m0/s1. The van der Waals surface area contributed by atoms with Crippen molar-refractivity contribution in [3.05, 3.63) is 17.7 Å². The quantitative estimate of drug-likeness (QED) is 0.0684. The maximum Gasteiger partial charge on any atom is 0.335 e. The van der Waals surface area contributed by atoms with E-state index in [1.165, 1.54) is 0 Å². The number of nitrogens with one attached hydrogen (secondary N) is 3. The highest BCUT2D eigenvalue weighted by Gasteiger charge is 2.48. The molecule has 47 heavy (non-hydrogen) atoms. The Balaban J connectivity index is 2.45. The molecule has 260 valence electrons. The number of benzene rings is 1. The normalized spacial score (nSPS) is 21.8. The number of ether oxygens (including phenoxy) is 2. The third kappa shape index (κ3) is 11.2. The maximum absolute atomic E-state index is 12.7. The van der Waals surface area contributed by atoms with Gasteiger partial charge in [0.15, 0.2) is 6.10 Å². The fourth-order valence-electron chi connectivity index (χ4n) is 3.80. The Morgan fingerprint density at radius 3 is 2.11 bits per heavy atom. The third-order valence-corrected chi connectivity index (χ3v) is 7.41. The molecule has 3 amide bonds. The van der Waals surface area contributed by atoms with Crippen molar-refractivity contribution in [2.24, 2.45) is 5.73 Å². The van der Waals surface area contributed by atoms with Gasteiger partial charge in [0.1, 0.15) is 55.0 Å². The van der Waals surface area contributed by atoms with Crippen LogP contribution in [0.3, 0.4) is 0 Å². The van der Waals surface area contributed by atoms with Crippen LogP contribution in [0.5, 0.6) is 11.5 Å². The summed E-state index contributed by atoms with van der Waals surface area (Å²) in [6.45, 7) is -1.71. The van der Waals surface area contributed by atoms with Crippen LogP contribution < -0.4 is 26.4 Å². The van der Waals surface area contributed by atoms with Gasteiger partial charge >= 0.3 is 23.9 Å². The van der Waals surface area contributed by atoms with E-state index in [9.17, 15) is 59.1 Å². The molecule has 22 heteroatoms. The van der Waals surface area contributed by atoms with Crippen LogP contribution in [-0.4, -0.2) is 144 Å². The minimum absolute atomic E-state index is 0.330. The number of carbonyl (C=O) groups is 7. The number of aliphatic carboxylic acids is 4. The Labute approximate surface area is 267 Å². The molecule has 1 fully saturated rings. The zero-order valence-corrected chi connectivity index (χ0v) is 24.8. The van der Waals surface area contributed by atoms with E-state index >= 15 is 0 Å². The summed E-state index contributed by atoms with van der Waals surface area (Å²) in [5.74, 6) is -10.8. The average Bonchev–Trinajstić information content (AvgIpc) is 2.99. The molecule has 1 aromatic rings. The summed E-state index contributed by atoms with van der Waals surface area (Å²) in [6, 6.07) is -1.22. The molecular formula is C25H32N4O17S. The Bertz CT molecular complexity index is 1380. The summed E-state index contributed by atoms with van der Waals surface area (Å²) in [4.78, 5) is 81.7. The number of thioether (sulfide) groups is 1. The number of phenolic OH excluding ortho intramolecular Hbond substituents is 1. The first kappa shape index (κ1) is 38.4. The minimum Gasteiger partial charge on any atom is -0.507 e. The number of hydrogen-bond donors (Lipinski definition) is 12. The van der Waals surface area contributed by atoms with Crippen molar-refractivity contribution in [1.29, 1.82) is 0 Å². The number of hydrogen-bond acceptors (Lipinski definition) is 15. The molecule has 0 aromatic heterocycles. The van der Waals surface area contributed by atoms with Crippen molar-refractivity contribution < 1.29 is 83.9 Å². The topological polar surface area (TPSA) is 362 Å². The van der Waals surface area contributed by atoms with Crippen LogP contribution in [0.15, 0.2) is 17.0 Å². The van der Waals surface area contributed by atoms with Crippen molar-refractivity contribution in [2.45, 2.75) is 60.5 Å². The van der Waals surface area contributed by atoms with Crippen LogP contribution in [-0.2, 0) is 33.5 Å². The largest absolute Gasteiger partial charge is 0.507 e. The Morgan fingerprint density at radius 2 is 1.53 bits per heavy atom. The van der Waals surface area contributed by atoms with Crippen LogP contribution in [0.25, 0.3) is 0 Å². The number of nitrogens with two attached hydrogens (primary N) is 1. The number of aliphatic hydroxyl groups is 3. The summed E-state index contributed by atoms with van der Waals surface area (Å²) >= 11 is 0.545. The fraction of sp³-hybridized carbons (Fsp3) is 0.480. The lowest BCUT2D eigenvalue weighted by atomic mass is 9.99. The molecule has 0 aliphatic carbocycles. The van der Waals surface area contributed by atoms with Gasteiger partial charge in [-0.2, -0.15) is 0 Å². The average molecular weight is 693 g/mol. The molecule has 1 aliphatic rings. The van der Waals surface area contributed by atoms with Gasteiger partial charge in [0, 0.05) is 17.7 Å². The van der Waals surface area contributed by atoms with Crippen molar-refractivity contribution in [2.75, 3.05) is 18.8 Å². The van der Waals surface area contributed by atoms with Crippen LogP contribution in [0.2, 0.25) is 0 Å². The molecule has 0 bridgehead atoms. The van der Waals surface area contributed by atoms with E-state index in [0.717, 1.165) is 12.1 Å². The highest BCUT2D eigenvalue weighted by molar-refractivity contribution is 7.99. The first-order chi connectivity index (χ1) is 21.9. The maximum atomic E-state index is 12.7. The fourth-order valence-corrected chi connectivity index (χ4v) is 4.82. The monoisotopic (exact) mass is 692 g/mol. The van der Waals surface area contributed by atoms with E-state index in [0.29, 0.717) is 11.8 Å². The van der Waals surface area contributed by atoms with Crippen LogP contribution >= 0.6 is 11.8 Å². The lowest BCUT2D eigenvalue weighted by Crippen LogP contribution is -2.61. The second-order valence-electron chi connectivity index (χ2n) is 9.78. The Kier molecular flexibility index (Phi) is 14.1. The SMILES string of the molecule is NC(CCC(=O)NC(CSc1c(O)cc(C(=O)NCC(=O)O)cc1OC1OC(C(=O)O)[C@@H](O)[C@H](O)[C@H]1O)C(=O)NCC(=O)O)C(=O)O. The van der Waals surface area contributed by atoms with Crippen molar-refractivity contribution in [3.63, 3.8) is 0 Å². The molecule has 1 heterocycles. The molecule has 0 spiro atoms. The van der Waals surface area contributed by atoms with Gasteiger partial charge in [-0.3, -0.25) is 28.8 Å². The van der Waals surface area contributed by atoms with Gasteiger partial charge in [-0.15, -0.1) is 11.8 Å². The van der Waals surface area contributed by atoms with Gasteiger partial charge in [-0.25, -0.2) is 4.79 Å². The van der Waals surface area contributed by atoms with Gasteiger partial charge < -0.3 is 72.0 Å². The second-order valence-corrected chi connectivity index (χ2v) is 10.8. The smallest absolute Gasteiger partial charge is 0.335 e. The van der Waals surface area contributed by atoms with Crippen LogP contribution in [0.1, 0.15) is 23.2 Å². The van der Waals surface area contributed by atoms with Gasteiger partial charge in [-0.1, -0.05) is 0 Å². The molecule has 1 saturated heterocycles. The number of phenols is 1. The number of carboxylic acid groups (broad SMARTS) is 4. The van der Waals surface area contributed by atoms with Crippen molar-refractivity contribution >= 4 is 53.4 Å². The molecule has 0 saturated carbocycles. The first-order valence-corrected chi connectivity index (χ1v) is 14.3. The van der Waals surface area contributed by atoms with E-state index in [2.05, 4.69) is 5.32 Å². The van der Waals surface area contributed by atoms with Crippen molar-refractivity contribution in [1.82, 2.24) is 16.0 Å². The molecule has 4 unspecified atom stereocenters. The highest BCUT2D eigenvalue weighted by atomic mass is 32.2. The predicted octanol–water partition coefficient (Wildman–Crippen LogP) is -4.55. The molecule has 1 aromatic carbocycles. The van der Waals surface area contributed by atoms with E-state index in [1.54, 1.807) is 0 Å². The molecule has 2 rings (SSSR count). The zero-order chi connectivity index (χ0) is 35.6. The van der Waals surface area contributed by atoms with Gasteiger partial charge in [0.05, 0.1) is 4.90 Å². The van der Waals surface area contributed by atoms with E-state index in [4.69, 9.17) is 30.5 Å². The number of rotatable bonds is 17. The van der Waals surface area contributed by atoms with Crippen molar-refractivity contribution in [3.8, 4) is 11.5 Å². The molecule has 21 nitrogen and oxygen atoms in total. The molecular weight excluding hydrogens is 660 g/mol. The van der Waals surface area contributed by atoms with E-state index < -0.39 is 127 Å². The Morgan fingerprint density at radius 1 is 0.915 bits per heavy atom. The number of aliphatic hydroxyl groups excluding tert-OH is 3. The summed E-state index contributed by atoms with van der Waals surface area (Å²) in [5, 5.41) is 83.7. The summed E-state index contributed by atoms with van der Waals surface area (Å²) in [5.41, 5.74) is 4.95. The lowest BCUT2D eigenvalue weighted by Gasteiger charge is -2.38. The number of amides is 3. The minimum atomic E-state index is -2.12. The van der Waals surface area contributed by atoms with Crippen LogP contribution in [0, 0.1) is 0 Å². The third-order valence-electron chi connectivity index (χ3n) is 6.21. The predicted molar refractivity (Wildman–Crippen MR) is 151 cm³/mol. The van der Waals surface area contributed by atoms with E-state index in [1.807, 2.05) is 10.6 Å². The van der Waals surface area contributed by atoms with Gasteiger partial charge in [0.2, 0.25) is 18.1 Å². The highest BCUT2D eigenvalue weighted by Crippen LogP contribution is 2.40. The molecule has 0 radical (unpaired) electrons. The number of carbonyl (C=O) groups excluding carboxylic acids is 3.